The topological polar surface area (TPSA) is 62.0 Å². The number of aromatic amines is 1. The van der Waals surface area contributed by atoms with E-state index in [-0.39, 0.29) is 11.7 Å². The van der Waals surface area contributed by atoms with Crippen LogP contribution in [0.4, 0.5) is 10.1 Å². The van der Waals surface area contributed by atoms with Gasteiger partial charge in [0.25, 0.3) is 5.91 Å². The van der Waals surface area contributed by atoms with Crippen molar-refractivity contribution in [2.75, 3.05) is 5.32 Å². The SMILES string of the molecule is O=Cc1cccc(NC(=O)c2cc3cc(F)ccc3[nH]2)c1. The number of aldehydes is 1. The predicted molar refractivity (Wildman–Crippen MR) is 78.0 cm³/mol. The molecule has 104 valence electrons. The third-order valence-corrected chi connectivity index (χ3v) is 3.11. The van der Waals surface area contributed by atoms with E-state index in [0.717, 1.165) is 0 Å². The molecular weight excluding hydrogens is 271 g/mol. The van der Waals surface area contributed by atoms with Crippen molar-refractivity contribution < 1.29 is 14.0 Å². The van der Waals surface area contributed by atoms with E-state index < -0.39 is 0 Å². The van der Waals surface area contributed by atoms with Crippen molar-refractivity contribution in [1.29, 1.82) is 0 Å². The van der Waals surface area contributed by atoms with Crippen molar-refractivity contribution >= 4 is 28.8 Å². The van der Waals surface area contributed by atoms with Crippen LogP contribution in [0.3, 0.4) is 0 Å². The molecule has 21 heavy (non-hydrogen) atoms. The highest BCUT2D eigenvalue weighted by Gasteiger charge is 2.10. The van der Waals surface area contributed by atoms with Gasteiger partial charge in [0.05, 0.1) is 0 Å². The van der Waals surface area contributed by atoms with E-state index >= 15 is 0 Å². The molecule has 3 aromatic rings. The van der Waals surface area contributed by atoms with E-state index in [1.807, 2.05) is 0 Å². The summed E-state index contributed by atoms with van der Waals surface area (Å²) in [6.45, 7) is 0. The molecule has 0 bridgehead atoms. The van der Waals surface area contributed by atoms with E-state index in [9.17, 15) is 14.0 Å². The fourth-order valence-electron chi connectivity index (χ4n) is 2.11. The third kappa shape index (κ3) is 2.67. The van der Waals surface area contributed by atoms with Crippen LogP contribution in [0.5, 0.6) is 0 Å². The molecule has 2 N–H and O–H groups in total. The van der Waals surface area contributed by atoms with Crippen molar-refractivity contribution in [3.05, 3.63) is 65.6 Å². The molecule has 1 amide bonds. The Hall–Kier alpha value is -2.95. The molecule has 4 nitrogen and oxygen atoms in total. The van der Waals surface area contributed by atoms with Crippen molar-refractivity contribution in [2.45, 2.75) is 0 Å². The van der Waals surface area contributed by atoms with E-state index in [2.05, 4.69) is 10.3 Å². The minimum Gasteiger partial charge on any atom is -0.351 e. The number of rotatable bonds is 3. The number of hydrogen-bond donors (Lipinski definition) is 2. The molecule has 0 unspecified atom stereocenters. The second kappa shape index (κ2) is 5.20. The van der Waals surface area contributed by atoms with Gasteiger partial charge in [0.2, 0.25) is 0 Å². The van der Waals surface area contributed by atoms with Gasteiger partial charge in [0.1, 0.15) is 17.8 Å². The standard InChI is InChI=1S/C16H11FN2O2/c17-12-4-5-14-11(7-12)8-15(19-14)16(21)18-13-3-1-2-10(6-13)9-20/h1-9,19H,(H,18,21). The summed E-state index contributed by atoms with van der Waals surface area (Å²) in [5, 5.41) is 3.31. The van der Waals surface area contributed by atoms with Gasteiger partial charge in [-0.05, 0) is 36.4 Å². The van der Waals surface area contributed by atoms with Crippen LogP contribution in [0.15, 0.2) is 48.5 Å². The lowest BCUT2D eigenvalue weighted by molar-refractivity contribution is 0.102. The van der Waals surface area contributed by atoms with Gasteiger partial charge < -0.3 is 10.3 Å². The molecule has 1 aromatic heterocycles. The van der Waals surface area contributed by atoms with Crippen LogP contribution >= 0.6 is 0 Å². The Morgan fingerprint density at radius 2 is 2.00 bits per heavy atom. The van der Waals surface area contributed by atoms with Gasteiger partial charge in [0, 0.05) is 22.2 Å². The maximum Gasteiger partial charge on any atom is 0.272 e. The minimum absolute atomic E-state index is 0.326. The lowest BCUT2D eigenvalue weighted by atomic mass is 10.2. The highest BCUT2D eigenvalue weighted by Crippen LogP contribution is 2.18. The molecule has 3 rings (SSSR count). The van der Waals surface area contributed by atoms with E-state index in [1.165, 1.54) is 12.1 Å². The van der Waals surface area contributed by atoms with Crippen LogP contribution < -0.4 is 5.32 Å². The summed E-state index contributed by atoms with van der Waals surface area (Å²) in [7, 11) is 0. The van der Waals surface area contributed by atoms with E-state index in [0.29, 0.717) is 34.1 Å². The number of nitrogens with one attached hydrogen (secondary N) is 2. The summed E-state index contributed by atoms with van der Waals surface area (Å²) in [5.74, 6) is -0.707. The monoisotopic (exact) mass is 282 g/mol. The Bertz CT molecular complexity index is 839. The molecule has 0 spiro atoms. The number of amides is 1. The van der Waals surface area contributed by atoms with Gasteiger partial charge >= 0.3 is 0 Å². The summed E-state index contributed by atoms with van der Waals surface area (Å²) < 4.78 is 13.1. The smallest absolute Gasteiger partial charge is 0.272 e. The zero-order chi connectivity index (χ0) is 14.8. The zero-order valence-corrected chi connectivity index (χ0v) is 10.9. The summed E-state index contributed by atoms with van der Waals surface area (Å²) >= 11 is 0. The second-order valence-electron chi connectivity index (χ2n) is 4.61. The third-order valence-electron chi connectivity index (χ3n) is 3.11. The van der Waals surface area contributed by atoms with Crippen LogP contribution in [-0.2, 0) is 0 Å². The molecule has 0 aliphatic heterocycles. The Labute approximate surface area is 119 Å². The number of H-pyrrole nitrogens is 1. The molecular formula is C16H11FN2O2. The van der Waals surface area contributed by atoms with Crippen LogP contribution in [0.2, 0.25) is 0 Å². The lowest BCUT2D eigenvalue weighted by Crippen LogP contribution is -2.12. The molecule has 0 aliphatic rings. The number of aromatic nitrogens is 1. The van der Waals surface area contributed by atoms with Crippen molar-refractivity contribution in [3.8, 4) is 0 Å². The first-order valence-corrected chi connectivity index (χ1v) is 6.30. The predicted octanol–water partition coefficient (Wildman–Crippen LogP) is 3.37. The Morgan fingerprint density at radius 1 is 1.14 bits per heavy atom. The van der Waals surface area contributed by atoms with Gasteiger partial charge in [-0.25, -0.2) is 4.39 Å². The Balaban J connectivity index is 1.87. The highest BCUT2D eigenvalue weighted by molar-refractivity contribution is 6.06. The molecule has 0 aliphatic carbocycles. The van der Waals surface area contributed by atoms with Crippen LogP contribution in [0.25, 0.3) is 10.9 Å². The van der Waals surface area contributed by atoms with Gasteiger partial charge in [0.15, 0.2) is 0 Å². The maximum atomic E-state index is 13.1. The van der Waals surface area contributed by atoms with Gasteiger partial charge in [-0.1, -0.05) is 12.1 Å². The van der Waals surface area contributed by atoms with Crippen LogP contribution in [0.1, 0.15) is 20.8 Å². The number of fused-ring (bicyclic) bond motifs is 1. The number of carbonyl (C=O) groups excluding carboxylic acids is 2. The van der Waals surface area contributed by atoms with Crippen LogP contribution in [-0.4, -0.2) is 17.2 Å². The van der Waals surface area contributed by atoms with Crippen molar-refractivity contribution in [1.82, 2.24) is 4.98 Å². The van der Waals surface area contributed by atoms with Gasteiger partial charge in [-0.15, -0.1) is 0 Å². The first-order chi connectivity index (χ1) is 10.2. The summed E-state index contributed by atoms with van der Waals surface area (Å²) in [5.41, 5.74) is 2.01. The number of anilines is 1. The molecule has 0 radical (unpaired) electrons. The summed E-state index contributed by atoms with van der Waals surface area (Å²) in [6, 6.07) is 12.4. The van der Waals surface area contributed by atoms with Crippen molar-refractivity contribution in [3.63, 3.8) is 0 Å². The van der Waals surface area contributed by atoms with Gasteiger partial charge in [-0.2, -0.15) is 0 Å². The molecule has 0 saturated heterocycles. The zero-order valence-electron chi connectivity index (χ0n) is 10.9. The normalized spacial score (nSPS) is 10.5. The average molecular weight is 282 g/mol. The van der Waals surface area contributed by atoms with E-state index in [4.69, 9.17) is 0 Å². The second-order valence-corrected chi connectivity index (χ2v) is 4.61. The first-order valence-electron chi connectivity index (χ1n) is 6.30. The molecule has 0 fully saturated rings. The number of benzene rings is 2. The molecule has 0 saturated carbocycles. The lowest BCUT2D eigenvalue weighted by Gasteiger charge is -2.03. The summed E-state index contributed by atoms with van der Waals surface area (Å²) in [4.78, 5) is 25.8. The fourth-order valence-corrected chi connectivity index (χ4v) is 2.11. The first kappa shape index (κ1) is 13.1. The minimum atomic E-state index is -0.354. The Morgan fingerprint density at radius 3 is 2.81 bits per heavy atom. The molecule has 1 heterocycles. The number of halogens is 1. The highest BCUT2D eigenvalue weighted by atomic mass is 19.1. The average Bonchev–Trinajstić information content (AvgIpc) is 2.90. The number of hydrogen-bond acceptors (Lipinski definition) is 2. The molecule has 0 atom stereocenters. The van der Waals surface area contributed by atoms with Gasteiger partial charge in [-0.3, -0.25) is 9.59 Å². The number of carbonyl (C=O) groups is 2. The Kier molecular flexibility index (Phi) is 3.23. The largest absolute Gasteiger partial charge is 0.351 e. The molecule has 5 heteroatoms. The van der Waals surface area contributed by atoms with Crippen molar-refractivity contribution in [2.24, 2.45) is 0 Å². The molecule has 2 aromatic carbocycles. The van der Waals surface area contributed by atoms with E-state index in [1.54, 1.807) is 36.4 Å². The van der Waals surface area contributed by atoms with Crippen LogP contribution in [0, 0.1) is 5.82 Å². The quantitative estimate of drug-likeness (QED) is 0.723. The fraction of sp³-hybridized carbons (Fsp3) is 0. The maximum absolute atomic E-state index is 13.1. The summed E-state index contributed by atoms with van der Waals surface area (Å²) in [6.07, 6.45) is 0.710.